The maximum absolute atomic E-state index is 12.0. The van der Waals surface area contributed by atoms with E-state index in [0.717, 1.165) is 22.3 Å². The third-order valence-corrected chi connectivity index (χ3v) is 4.09. The molecule has 3 rings (SSSR count). The molecule has 0 aromatic heterocycles. The first-order valence-corrected chi connectivity index (χ1v) is 8.30. The average molecular weight is 348 g/mol. The van der Waals surface area contributed by atoms with Gasteiger partial charge < -0.3 is 14.6 Å². The topological polar surface area (TPSA) is 55.8 Å². The number of hydrogen-bond acceptors (Lipinski definition) is 4. The van der Waals surface area contributed by atoms with Crippen molar-refractivity contribution >= 4 is 5.97 Å². The van der Waals surface area contributed by atoms with Gasteiger partial charge in [-0.1, -0.05) is 60.7 Å². The van der Waals surface area contributed by atoms with Crippen LogP contribution in [0.5, 0.6) is 5.75 Å². The van der Waals surface area contributed by atoms with Crippen molar-refractivity contribution in [1.82, 2.24) is 0 Å². The van der Waals surface area contributed by atoms with E-state index in [9.17, 15) is 9.90 Å². The van der Waals surface area contributed by atoms with E-state index in [2.05, 4.69) is 0 Å². The third-order valence-electron chi connectivity index (χ3n) is 4.09. The molecule has 0 spiro atoms. The van der Waals surface area contributed by atoms with Crippen LogP contribution in [-0.2, 0) is 18.0 Å². The Morgan fingerprint density at radius 2 is 1.58 bits per heavy atom. The molecule has 0 unspecified atom stereocenters. The van der Waals surface area contributed by atoms with Crippen LogP contribution in [0.4, 0.5) is 0 Å². The van der Waals surface area contributed by atoms with E-state index in [1.165, 1.54) is 7.11 Å². The van der Waals surface area contributed by atoms with E-state index < -0.39 is 5.97 Å². The zero-order valence-electron chi connectivity index (χ0n) is 14.5. The van der Waals surface area contributed by atoms with Crippen molar-refractivity contribution in [3.8, 4) is 16.9 Å². The van der Waals surface area contributed by atoms with Gasteiger partial charge in [-0.2, -0.15) is 0 Å². The summed E-state index contributed by atoms with van der Waals surface area (Å²) in [5.41, 5.74) is 4.15. The molecule has 0 heterocycles. The largest absolute Gasteiger partial charge is 0.488 e. The lowest BCUT2D eigenvalue weighted by molar-refractivity contribution is 0.0595. The van der Waals surface area contributed by atoms with E-state index in [4.69, 9.17) is 9.47 Å². The van der Waals surface area contributed by atoms with Gasteiger partial charge in [-0.25, -0.2) is 4.79 Å². The number of aliphatic hydroxyl groups excluding tert-OH is 1. The standard InChI is InChI=1S/C22H20O4/c1-25-22(24)20-12-11-19(18-9-7-16(14-23)8-10-18)13-21(20)26-15-17-5-3-2-4-6-17/h2-13,23H,14-15H2,1H3. The fourth-order valence-corrected chi connectivity index (χ4v) is 2.64. The van der Waals surface area contributed by atoms with Gasteiger partial charge >= 0.3 is 5.97 Å². The SMILES string of the molecule is COC(=O)c1ccc(-c2ccc(CO)cc2)cc1OCc1ccccc1. The van der Waals surface area contributed by atoms with E-state index in [1.54, 1.807) is 6.07 Å². The average Bonchev–Trinajstić information content (AvgIpc) is 2.72. The smallest absolute Gasteiger partial charge is 0.341 e. The molecule has 0 atom stereocenters. The van der Waals surface area contributed by atoms with Gasteiger partial charge in [0.1, 0.15) is 17.9 Å². The molecule has 0 fully saturated rings. The van der Waals surface area contributed by atoms with E-state index in [1.807, 2.05) is 66.7 Å². The lowest BCUT2D eigenvalue weighted by atomic mass is 10.0. The number of aliphatic hydroxyl groups is 1. The molecule has 0 aliphatic carbocycles. The predicted molar refractivity (Wildman–Crippen MR) is 99.9 cm³/mol. The second-order valence-electron chi connectivity index (χ2n) is 5.83. The van der Waals surface area contributed by atoms with Crippen molar-refractivity contribution < 1.29 is 19.4 Å². The summed E-state index contributed by atoms with van der Waals surface area (Å²) in [5.74, 6) is 0.0414. The van der Waals surface area contributed by atoms with Gasteiger partial charge in [-0.05, 0) is 34.4 Å². The minimum absolute atomic E-state index is 0.00694. The molecule has 0 aliphatic heterocycles. The number of benzene rings is 3. The summed E-state index contributed by atoms with van der Waals surface area (Å²) < 4.78 is 10.8. The van der Waals surface area contributed by atoms with Crippen molar-refractivity contribution in [2.45, 2.75) is 13.2 Å². The summed E-state index contributed by atoms with van der Waals surface area (Å²) in [6.07, 6.45) is 0. The molecule has 1 N–H and O–H groups in total. The number of methoxy groups -OCH3 is 1. The first-order valence-electron chi connectivity index (χ1n) is 8.30. The highest BCUT2D eigenvalue weighted by atomic mass is 16.5. The van der Waals surface area contributed by atoms with Crippen LogP contribution >= 0.6 is 0 Å². The molecule has 26 heavy (non-hydrogen) atoms. The number of carbonyl (C=O) groups is 1. The Bertz CT molecular complexity index is 870. The Morgan fingerprint density at radius 3 is 2.23 bits per heavy atom. The van der Waals surface area contributed by atoms with Gasteiger partial charge in [0.15, 0.2) is 0 Å². The number of carbonyl (C=O) groups excluding carboxylic acids is 1. The lowest BCUT2D eigenvalue weighted by Gasteiger charge is -2.13. The van der Waals surface area contributed by atoms with Gasteiger partial charge in [-0.3, -0.25) is 0 Å². The molecule has 0 saturated carbocycles. The lowest BCUT2D eigenvalue weighted by Crippen LogP contribution is -2.06. The number of esters is 1. The summed E-state index contributed by atoms with van der Waals surface area (Å²) in [6.45, 7) is 0.366. The summed E-state index contributed by atoms with van der Waals surface area (Å²) in [7, 11) is 1.35. The van der Waals surface area contributed by atoms with E-state index >= 15 is 0 Å². The van der Waals surface area contributed by atoms with Gasteiger partial charge in [0.25, 0.3) is 0 Å². The van der Waals surface area contributed by atoms with Gasteiger partial charge in [-0.15, -0.1) is 0 Å². The van der Waals surface area contributed by atoms with Gasteiger partial charge in [0.2, 0.25) is 0 Å². The van der Waals surface area contributed by atoms with Crippen molar-refractivity contribution in [2.75, 3.05) is 7.11 Å². The molecule has 132 valence electrons. The minimum Gasteiger partial charge on any atom is -0.488 e. The van der Waals surface area contributed by atoms with Crippen molar-refractivity contribution in [3.05, 3.63) is 89.5 Å². The van der Waals surface area contributed by atoms with Crippen LogP contribution < -0.4 is 4.74 Å². The van der Waals surface area contributed by atoms with Crippen LogP contribution in [-0.4, -0.2) is 18.2 Å². The van der Waals surface area contributed by atoms with Crippen LogP contribution in [0, 0.1) is 0 Å². The zero-order valence-corrected chi connectivity index (χ0v) is 14.5. The van der Waals surface area contributed by atoms with Crippen LogP contribution in [0.15, 0.2) is 72.8 Å². The van der Waals surface area contributed by atoms with Crippen LogP contribution in [0.2, 0.25) is 0 Å². The van der Waals surface area contributed by atoms with Crippen LogP contribution in [0.25, 0.3) is 11.1 Å². The Kier molecular flexibility index (Phi) is 5.66. The third kappa shape index (κ3) is 4.10. The van der Waals surface area contributed by atoms with Gasteiger partial charge in [0, 0.05) is 0 Å². The highest BCUT2D eigenvalue weighted by molar-refractivity contribution is 5.93. The summed E-state index contributed by atoms with van der Waals surface area (Å²) in [4.78, 5) is 12.0. The number of ether oxygens (including phenoxy) is 2. The molecule has 0 aliphatic rings. The van der Waals surface area contributed by atoms with Gasteiger partial charge in [0.05, 0.1) is 13.7 Å². The maximum atomic E-state index is 12.0. The normalized spacial score (nSPS) is 10.4. The Hall–Kier alpha value is -3.11. The summed E-state index contributed by atoms with van der Waals surface area (Å²) in [6, 6.07) is 22.8. The molecule has 0 bridgehead atoms. The van der Waals surface area contributed by atoms with Crippen molar-refractivity contribution in [3.63, 3.8) is 0 Å². The molecule has 0 amide bonds. The first kappa shape index (κ1) is 17.7. The van der Waals surface area contributed by atoms with E-state index in [0.29, 0.717) is 17.9 Å². The molecule has 3 aromatic rings. The molecular weight excluding hydrogens is 328 g/mol. The zero-order chi connectivity index (χ0) is 18.4. The fraction of sp³-hybridized carbons (Fsp3) is 0.136. The second-order valence-corrected chi connectivity index (χ2v) is 5.83. The van der Waals surface area contributed by atoms with E-state index in [-0.39, 0.29) is 6.61 Å². The number of hydrogen-bond donors (Lipinski definition) is 1. The Balaban J connectivity index is 1.91. The van der Waals surface area contributed by atoms with Crippen LogP contribution in [0.3, 0.4) is 0 Å². The number of rotatable bonds is 6. The summed E-state index contributed by atoms with van der Waals surface area (Å²) >= 11 is 0. The molecule has 0 saturated heterocycles. The predicted octanol–water partition coefficient (Wildman–Crippen LogP) is 4.21. The van der Waals surface area contributed by atoms with Crippen molar-refractivity contribution in [1.29, 1.82) is 0 Å². The second kappa shape index (κ2) is 8.32. The quantitative estimate of drug-likeness (QED) is 0.678. The fourth-order valence-electron chi connectivity index (χ4n) is 2.64. The Labute approximate surface area is 152 Å². The van der Waals surface area contributed by atoms with Crippen molar-refractivity contribution in [2.24, 2.45) is 0 Å². The monoisotopic (exact) mass is 348 g/mol. The highest BCUT2D eigenvalue weighted by Crippen LogP contribution is 2.29. The molecular formula is C22H20O4. The molecule has 4 heteroatoms. The highest BCUT2D eigenvalue weighted by Gasteiger charge is 2.14. The van der Waals surface area contributed by atoms with Crippen LogP contribution in [0.1, 0.15) is 21.5 Å². The summed E-state index contributed by atoms with van der Waals surface area (Å²) in [5, 5.41) is 9.17. The minimum atomic E-state index is -0.435. The maximum Gasteiger partial charge on any atom is 0.341 e. The Morgan fingerprint density at radius 1 is 0.885 bits per heavy atom. The first-order chi connectivity index (χ1) is 12.7. The molecule has 0 radical (unpaired) electrons. The molecule has 3 aromatic carbocycles. The molecule has 4 nitrogen and oxygen atoms in total.